The highest BCUT2D eigenvalue weighted by Gasteiger charge is 2.57. The van der Waals surface area contributed by atoms with E-state index in [4.69, 9.17) is 9.47 Å². The van der Waals surface area contributed by atoms with Crippen molar-refractivity contribution < 1.29 is 19.4 Å². The van der Waals surface area contributed by atoms with Gasteiger partial charge in [-0.25, -0.2) is 0 Å². The highest BCUT2D eigenvalue weighted by Crippen LogP contribution is 2.59. The van der Waals surface area contributed by atoms with Gasteiger partial charge in [-0.2, -0.15) is 0 Å². The van der Waals surface area contributed by atoms with Gasteiger partial charge in [-0.3, -0.25) is 4.79 Å². The zero-order chi connectivity index (χ0) is 18.2. The number of carbonyl (C=O) groups excluding carboxylic acids is 1. The van der Waals surface area contributed by atoms with Crippen LogP contribution < -0.4 is 4.74 Å². The molecule has 0 saturated heterocycles. The third-order valence-corrected chi connectivity index (χ3v) is 6.35. The van der Waals surface area contributed by atoms with Crippen molar-refractivity contribution in [2.75, 3.05) is 7.11 Å². The standard InChI is InChI=1S/C21H28O4/c1-5-16-17-10-11-19(25-13(2)22)21(17,3)12-18(23)20(16)14-6-8-15(24-4)9-7-14/h5-9,16-20,23H,1,10-12H2,2-4H3/t16?,17?,18-,19+,20+,21+/m1/s1. The Balaban J connectivity index is 1.91. The summed E-state index contributed by atoms with van der Waals surface area (Å²) >= 11 is 0. The van der Waals surface area contributed by atoms with Crippen molar-refractivity contribution in [3.05, 3.63) is 42.5 Å². The monoisotopic (exact) mass is 344 g/mol. The number of carbonyl (C=O) groups is 1. The summed E-state index contributed by atoms with van der Waals surface area (Å²) < 4.78 is 10.8. The van der Waals surface area contributed by atoms with Crippen LogP contribution in [0.2, 0.25) is 0 Å². The molecule has 6 atom stereocenters. The van der Waals surface area contributed by atoms with Crippen LogP contribution in [0.5, 0.6) is 5.75 Å². The van der Waals surface area contributed by atoms with E-state index in [2.05, 4.69) is 13.5 Å². The molecule has 2 saturated carbocycles. The lowest BCUT2D eigenvalue weighted by molar-refractivity contribution is -0.157. The smallest absolute Gasteiger partial charge is 0.302 e. The van der Waals surface area contributed by atoms with Gasteiger partial charge in [-0.1, -0.05) is 25.1 Å². The van der Waals surface area contributed by atoms with Crippen LogP contribution in [0.4, 0.5) is 0 Å². The largest absolute Gasteiger partial charge is 0.497 e. The number of fused-ring (bicyclic) bond motifs is 1. The highest BCUT2D eigenvalue weighted by molar-refractivity contribution is 5.66. The van der Waals surface area contributed by atoms with Crippen LogP contribution in [0.25, 0.3) is 0 Å². The quantitative estimate of drug-likeness (QED) is 0.668. The Morgan fingerprint density at radius 2 is 2.00 bits per heavy atom. The number of benzene rings is 1. The van der Waals surface area contributed by atoms with E-state index in [1.54, 1.807) is 7.11 Å². The number of hydrogen-bond acceptors (Lipinski definition) is 4. The first-order chi connectivity index (χ1) is 11.9. The van der Waals surface area contributed by atoms with Crippen LogP contribution in [-0.4, -0.2) is 30.4 Å². The van der Waals surface area contributed by atoms with Crippen LogP contribution in [-0.2, 0) is 9.53 Å². The Hall–Kier alpha value is -1.81. The van der Waals surface area contributed by atoms with Gasteiger partial charge in [0, 0.05) is 18.3 Å². The molecule has 0 spiro atoms. The van der Waals surface area contributed by atoms with Crippen molar-refractivity contribution in [3.63, 3.8) is 0 Å². The molecule has 1 aromatic carbocycles. The number of methoxy groups -OCH3 is 1. The molecule has 1 N–H and O–H groups in total. The molecule has 2 unspecified atom stereocenters. The maximum atomic E-state index is 11.5. The summed E-state index contributed by atoms with van der Waals surface area (Å²) in [5.74, 6) is 1.09. The van der Waals surface area contributed by atoms with Gasteiger partial charge in [-0.15, -0.1) is 6.58 Å². The minimum absolute atomic E-state index is 0.0116. The predicted molar refractivity (Wildman–Crippen MR) is 96.4 cm³/mol. The Bertz CT molecular complexity index is 638. The lowest BCUT2D eigenvalue weighted by Gasteiger charge is -2.49. The van der Waals surface area contributed by atoms with E-state index in [1.165, 1.54) is 6.92 Å². The normalized spacial score (nSPS) is 37.2. The fourth-order valence-electron chi connectivity index (χ4n) is 5.20. The van der Waals surface area contributed by atoms with E-state index in [0.29, 0.717) is 12.3 Å². The van der Waals surface area contributed by atoms with Gasteiger partial charge < -0.3 is 14.6 Å². The van der Waals surface area contributed by atoms with Crippen molar-refractivity contribution in [2.24, 2.45) is 17.3 Å². The minimum Gasteiger partial charge on any atom is -0.497 e. The van der Waals surface area contributed by atoms with Crippen molar-refractivity contribution in [3.8, 4) is 5.75 Å². The molecule has 4 heteroatoms. The van der Waals surface area contributed by atoms with Crippen LogP contribution in [0, 0.1) is 17.3 Å². The van der Waals surface area contributed by atoms with Crippen molar-refractivity contribution in [1.29, 1.82) is 0 Å². The van der Waals surface area contributed by atoms with Crippen molar-refractivity contribution in [1.82, 2.24) is 0 Å². The predicted octanol–water partition coefficient (Wildman–Crippen LogP) is 3.69. The lowest BCUT2D eigenvalue weighted by Crippen LogP contribution is -2.49. The zero-order valence-electron chi connectivity index (χ0n) is 15.3. The van der Waals surface area contributed by atoms with Crippen molar-refractivity contribution >= 4 is 5.97 Å². The van der Waals surface area contributed by atoms with Gasteiger partial charge in [0.15, 0.2) is 0 Å². The van der Waals surface area contributed by atoms with Crippen LogP contribution >= 0.6 is 0 Å². The molecule has 0 aliphatic heterocycles. The maximum absolute atomic E-state index is 11.5. The van der Waals surface area contributed by atoms with Gasteiger partial charge in [0.1, 0.15) is 11.9 Å². The summed E-state index contributed by atoms with van der Waals surface area (Å²) in [5, 5.41) is 11.0. The molecule has 0 amide bonds. The molecule has 1 aromatic rings. The molecule has 25 heavy (non-hydrogen) atoms. The molecular formula is C21H28O4. The Kier molecular flexibility index (Phi) is 4.92. The van der Waals surface area contributed by atoms with Crippen LogP contribution in [0.15, 0.2) is 36.9 Å². The molecule has 0 bridgehead atoms. The van der Waals surface area contributed by atoms with Gasteiger partial charge in [0.05, 0.1) is 13.2 Å². The number of aliphatic hydroxyl groups excluding tert-OH is 1. The van der Waals surface area contributed by atoms with Crippen LogP contribution in [0.1, 0.15) is 44.6 Å². The molecule has 3 rings (SSSR count). The number of ether oxygens (including phenoxy) is 2. The number of esters is 1. The second-order valence-electron chi connectivity index (χ2n) is 7.67. The molecule has 2 fully saturated rings. The average molecular weight is 344 g/mol. The topological polar surface area (TPSA) is 55.8 Å². The summed E-state index contributed by atoms with van der Waals surface area (Å²) in [4.78, 5) is 11.5. The van der Waals surface area contributed by atoms with E-state index in [9.17, 15) is 9.90 Å². The summed E-state index contributed by atoms with van der Waals surface area (Å²) in [6, 6.07) is 7.94. The Morgan fingerprint density at radius 1 is 1.32 bits per heavy atom. The average Bonchev–Trinajstić information content (AvgIpc) is 2.89. The van der Waals surface area contributed by atoms with E-state index >= 15 is 0 Å². The number of hydrogen-bond donors (Lipinski definition) is 1. The summed E-state index contributed by atoms with van der Waals surface area (Å²) in [7, 11) is 1.65. The van der Waals surface area contributed by atoms with Crippen LogP contribution in [0.3, 0.4) is 0 Å². The van der Waals surface area contributed by atoms with E-state index < -0.39 is 6.10 Å². The fourth-order valence-corrected chi connectivity index (χ4v) is 5.20. The first-order valence-corrected chi connectivity index (χ1v) is 9.02. The van der Waals surface area contributed by atoms with E-state index in [0.717, 1.165) is 24.2 Å². The van der Waals surface area contributed by atoms with Crippen molar-refractivity contribution in [2.45, 2.75) is 51.2 Å². The second kappa shape index (κ2) is 6.83. The molecule has 0 heterocycles. The van der Waals surface area contributed by atoms with Gasteiger partial charge in [0.25, 0.3) is 0 Å². The molecule has 4 nitrogen and oxygen atoms in total. The molecular weight excluding hydrogens is 316 g/mol. The number of allylic oxidation sites excluding steroid dienone is 1. The lowest BCUT2D eigenvalue weighted by atomic mass is 9.57. The molecule has 0 radical (unpaired) electrons. The maximum Gasteiger partial charge on any atom is 0.302 e. The molecule has 2 aliphatic carbocycles. The van der Waals surface area contributed by atoms with E-state index in [1.807, 2.05) is 30.3 Å². The Labute approximate surface area is 149 Å². The molecule has 136 valence electrons. The van der Waals surface area contributed by atoms with Gasteiger partial charge in [-0.05, 0) is 48.8 Å². The summed E-state index contributed by atoms with van der Waals surface area (Å²) in [6.07, 6.45) is 3.85. The third-order valence-electron chi connectivity index (χ3n) is 6.35. The summed E-state index contributed by atoms with van der Waals surface area (Å²) in [6.45, 7) is 7.68. The number of aliphatic hydroxyl groups is 1. The first-order valence-electron chi connectivity index (χ1n) is 9.02. The summed E-state index contributed by atoms with van der Waals surface area (Å²) in [5.41, 5.74) is 0.906. The van der Waals surface area contributed by atoms with E-state index in [-0.39, 0.29) is 29.3 Å². The first kappa shape index (κ1) is 18.0. The SMILES string of the molecule is C=CC1C2CC[C@H](OC(C)=O)[C@@]2(C)C[C@@H](O)[C@H]1c1ccc(OC)cc1. The third kappa shape index (κ3) is 3.08. The fraction of sp³-hybridized carbons (Fsp3) is 0.571. The molecule has 0 aromatic heterocycles. The molecule has 2 aliphatic rings. The number of rotatable bonds is 4. The van der Waals surface area contributed by atoms with Gasteiger partial charge in [0.2, 0.25) is 0 Å². The minimum atomic E-state index is -0.492. The van der Waals surface area contributed by atoms with Gasteiger partial charge >= 0.3 is 5.97 Å². The Morgan fingerprint density at radius 3 is 2.56 bits per heavy atom. The highest BCUT2D eigenvalue weighted by atomic mass is 16.5. The second-order valence-corrected chi connectivity index (χ2v) is 7.67. The zero-order valence-corrected chi connectivity index (χ0v) is 15.3.